The van der Waals surface area contributed by atoms with Gasteiger partial charge in [-0.2, -0.15) is 0 Å². The van der Waals surface area contributed by atoms with Crippen LogP contribution >= 0.6 is 11.8 Å². The molecule has 0 bridgehead atoms. The van der Waals surface area contributed by atoms with E-state index in [1.54, 1.807) is 17.8 Å². The van der Waals surface area contributed by atoms with Crippen LogP contribution in [0.15, 0.2) is 52.3 Å². The normalized spacial score (nSPS) is 15.2. The summed E-state index contributed by atoms with van der Waals surface area (Å²) in [6, 6.07) is 7.84. The maximum Gasteiger partial charge on any atom is 0.252 e. The maximum atomic E-state index is 11.9. The monoisotopic (exact) mass is 231 g/mol. The van der Waals surface area contributed by atoms with Gasteiger partial charge in [0.05, 0.1) is 5.69 Å². The van der Waals surface area contributed by atoms with Gasteiger partial charge in [0.15, 0.2) is 0 Å². The van der Waals surface area contributed by atoms with E-state index in [1.807, 2.05) is 31.2 Å². The molecule has 0 atom stereocenters. The molecule has 0 saturated heterocycles. The van der Waals surface area contributed by atoms with E-state index in [-0.39, 0.29) is 5.91 Å². The van der Waals surface area contributed by atoms with Gasteiger partial charge < -0.3 is 5.32 Å². The Hall–Kier alpha value is -1.48. The number of para-hydroxylation sites is 1. The van der Waals surface area contributed by atoms with E-state index in [0.29, 0.717) is 6.42 Å². The molecule has 0 radical (unpaired) electrons. The van der Waals surface area contributed by atoms with Crippen molar-refractivity contribution in [2.75, 3.05) is 5.32 Å². The first-order valence-corrected chi connectivity index (χ1v) is 5.93. The van der Waals surface area contributed by atoms with Crippen molar-refractivity contribution < 1.29 is 4.79 Å². The largest absolute Gasteiger partial charge is 0.321 e. The molecule has 0 fully saturated rings. The molecule has 1 amide bonds. The van der Waals surface area contributed by atoms with Gasteiger partial charge in [-0.15, -0.1) is 6.58 Å². The van der Waals surface area contributed by atoms with Crippen LogP contribution in [0.2, 0.25) is 0 Å². The van der Waals surface area contributed by atoms with Crippen molar-refractivity contribution in [2.45, 2.75) is 18.2 Å². The van der Waals surface area contributed by atoms with Crippen LogP contribution in [0.25, 0.3) is 0 Å². The van der Waals surface area contributed by atoms with Crippen molar-refractivity contribution >= 4 is 23.4 Å². The number of hydrogen-bond acceptors (Lipinski definition) is 2. The molecule has 0 spiro atoms. The maximum absolute atomic E-state index is 11.9. The second-order valence-electron chi connectivity index (χ2n) is 3.58. The second kappa shape index (κ2) is 4.58. The van der Waals surface area contributed by atoms with Crippen LogP contribution in [-0.4, -0.2) is 5.91 Å². The van der Waals surface area contributed by atoms with Gasteiger partial charge in [-0.25, -0.2) is 0 Å². The molecule has 1 heterocycles. The SMILES string of the molecule is C=CCC1=C(C)Sc2ccccc2NC1=O. The quantitative estimate of drug-likeness (QED) is 0.788. The lowest BCUT2D eigenvalue weighted by Crippen LogP contribution is -2.13. The van der Waals surface area contributed by atoms with Gasteiger partial charge >= 0.3 is 0 Å². The number of nitrogens with one attached hydrogen (secondary N) is 1. The minimum Gasteiger partial charge on any atom is -0.321 e. The Morgan fingerprint density at radius 1 is 1.44 bits per heavy atom. The van der Waals surface area contributed by atoms with Gasteiger partial charge in [0, 0.05) is 10.5 Å². The van der Waals surface area contributed by atoms with E-state index in [0.717, 1.165) is 21.1 Å². The zero-order valence-corrected chi connectivity index (χ0v) is 9.93. The minimum absolute atomic E-state index is 0.0187. The van der Waals surface area contributed by atoms with Gasteiger partial charge in [-0.05, 0) is 30.4 Å². The minimum atomic E-state index is -0.0187. The fraction of sp³-hybridized carbons (Fsp3) is 0.154. The summed E-state index contributed by atoms with van der Waals surface area (Å²) < 4.78 is 0. The average Bonchev–Trinajstić information content (AvgIpc) is 2.38. The molecule has 0 aromatic heterocycles. The highest BCUT2D eigenvalue weighted by atomic mass is 32.2. The topological polar surface area (TPSA) is 29.1 Å². The number of carbonyl (C=O) groups excluding carboxylic acids is 1. The third kappa shape index (κ3) is 2.04. The Kier molecular flexibility index (Phi) is 3.15. The van der Waals surface area contributed by atoms with E-state index in [9.17, 15) is 4.79 Å². The van der Waals surface area contributed by atoms with Crippen molar-refractivity contribution in [3.05, 3.63) is 47.4 Å². The number of benzene rings is 1. The summed E-state index contributed by atoms with van der Waals surface area (Å²) in [7, 11) is 0. The van der Waals surface area contributed by atoms with Gasteiger partial charge in [-0.3, -0.25) is 4.79 Å². The highest BCUT2D eigenvalue weighted by Gasteiger charge is 2.18. The van der Waals surface area contributed by atoms with Gasteiger partial charge in [0.25, 0.3) is 5.91 Å². The first kappa shape index (κ1) is 11.0. The molecule has 2 nitrogen and oxygen atoms in total. The van der Waals surface area contributed by atoms with Crippen molar-refractivity contribution in [2.24, 2.45) is 0 Å². The number of anilines is 1. The lowest BCUT2D eigenvalue weighted by molar-refractivity contribution is -0.112. The second-order valence-corrected chi connectivity index (χ2v) is 4.84. The van der Waals surface area contributed by atoms with Crippen molar-refractivity contribution in [1.82, 2.24) is 0 Å². The third-order valence-electron chi connectivity index (χ3n) is 2.45. The number of allylic oxidation sites excluding steroid dienone is 2. The van der Waals surface area contributed by atoms with Crippen LogP contribution in [0.1, 0.15) is 13.3 Å². The Bertz CT molecular complexity index is 477. The number of fused-ring (bicyclic) bond motifs is 1. The fourth-order valence-corrected chi connectivity index (χ4v) is 2.63. The van der Waals surface area contributed by atoms with Crippen LogP contribution in [0.3, 0.4) is 0 Å². The molecule has 2 rings (SSSR count). The molecular weight excluding hydrogens is 218 g/mol. The Morgan fingerprint density at radius 2 is 2.19 bits per heavy atom. The molecule has 0 saturated carbocycles. The highest BCUT2D eigenvalue weighted by Crippen LogP contribution is 2.37. The Balaban J connectivity index is 2.42. The first-order chi connectivity index (χ1) is 7.72. The number of rotatable bonds is 2. The lowest BCUT2D eigenvalue weighted by Gasteiger charge is -2.05. The summed E-state index contributed by atoms with van der Waals surface area (Å²) in [6.07, 6.45) is 2.37. The predicted octanol–water partition coefficient (Wildman–Crippen LogP) is 3.58. The van der Waals surface area contributed by atoms with E-state index in [1.165, 1.54) is 0 Å². The molecule has 3 heteroatoms. The number of amides is 1. The number of carbonyl (C=O) groups is 1. The summed E-state index contributed by atoms with van der Waals surface area (Å²) in [5.41, 5.74) is 1.69. The lowest BCUT2D eigenvalue weighted by atomic mass is 10.1. The molecule has 1 aliphatic heterocycles. The highest BCUT2D eigenvalue weighted by molar-refractivity contribution is 8.03. The molecular formula is C13H13NOS. The van der Waals surface area contributed by atoms with Crippen LogP contribution in [0.5, 0.6) is 0 Å². The smallest absolute Gasteiger partial charge is 0.252 e. The number of hydrogen-bond donors (Lipinski definition) is 1. The molecule has 1 aliphatic rings. The third-order valence-corrected chi connectivity index (χ3v) is 3.57. The zero-order chi connectivity index (χ0) is 11.5. The van der Waals surface area contributed by atoms with E-state index >= 15 is 0 Å². The van der Waals surface area contributed by atoms with Crippen molar-refractivity contribution in [3.63, 3.8) is 0 Å². The number of thioether (sulfide) groups is 1. The molecule has 82 valence electrons. The van der Waals surface area contributed by atoms with Crippen LogP contribution in [-0.2, 0) is 4.79 Å². The van der Waals surface area contributed by atoms with Crippen molar-refractivity contribution in [1.29, 1.82) is 0 Å². The van der Waals surface area contributed by atoms with Crippen LogP contribution in [0, 0.1) is 0 Å². The first-order valence-electron chi connectivity index (χ1n) is 5.11. The molecule has 1 N–H and O–H groups in total. The summed E-state index contributed by atoms with van der Waals surface area (Å²) in [5.74, 6) is -0.0187. The summed E-state index contributed by atoms with van der Waals surface area (Å²) in [4.78, 5) is 14.1. The average molecular weight is 231 g/mol. The van der Waals surface area contributed by atoms with Gasteiger partial charge in [0.1, 0.15) is 0 Å². The Morgan fingerprint density at radius 3 is 2.94 bits per heavy atom. The molecule has 16 heavy (non-hydrogen) atoms. The van der Waals surface area contributed by atoms with Crippen LogP contribution in [0.4, 0.5) is 5.69 Å². The summed E-state index contributed by atoms with van der Waals surface area (Å²) >= 11 is 1.63. The van der Waals surface area contributed by atoms with E-state index in [4.69, 9.17) is 0 Å². The molecule has 0 aliphatic carbocycles. The van der Waals surface area contributed by atoms with Gasteiger partial charge in [-0.1, -0.05) is 30.0 Å². The van der Waals surface area contributed by atoms with E-state index in [2.05, 4.69) is 11.9 Å². The molecule has 0 unspecified atom stereocenters. The van der Waals surface area contributed by atoms with Crippen molar-refractivity contribution in [3.8, 4) is 0 Å². The fourth-order valence-electron chi connectivity index (χ4n) is 1.62. The summed E-state index contributed by atoms with van der Waals surface area (Å²) in [6.45, 7) is 5.66. The standard InChI is InChI=1S/C13H13NOS/c1-3-6-10-9(2)16-12-8-5-4-7-11(12)14-13(10)15/h3-5,7-8H,1,6H2,2H3,(H,14,15). The van der Waals surface area contributed by atoms with Crippen LogP contribution < -0.4 is 5.32 Å². The zero-order valence-electron chi connectivity index (χ0n) is 9.12. The molecule has 1 aromatic rings. The summed E-state index contributed by atoms with van der Waals surface area (Å²) in [5, 5.41) is 2.92. The van der Waals surface area contributed by atoms with E-state index < -0.39 is 0 Å². The Labute approximate surface area is 99.4 Å². The predicted molar refractivity (Wildman–Crippen MR) is 68.4 cm³/mol. The molecule has 1 aromatic carbocycles. The van der Waals surface area contributed by atoms with Gasteiger partial charge in [0.2, 0.25) is 0 Å².